The maximum Gasteiger partial charge on any atom is 0.141 e. The second kappa shape index (κ2) is 6.06. The Bertz CT molecular complexity index is 566. The summed E-state index contributed by atoms with van der Waals surface area (Å²) in [7, 11) is 0. The summed E-state index contributed by atoms with van der Waals surface area (Å²) in [6, 6.07) is 2.71. The van der Waals surface area contributed by atoms with E-state index in [2.05, 4.69) is 45.5 Å². The van der Waals surface area contributed by atoms with Crippen LogP contribution in [0.15, 0.2) is 17.8 Å². The summed E-state index contributed by atoms with van der Waals surface area (Å²) in [5.74, 6) is 1.82. The van der Waals surface area contributed by atoms with Gasteiger partial charge in [0.15, 0.2) is 0 Å². The zero-order chi connectivity index (χ0) is 13.9. The van der Waals surface area contributed by atoms with Crippen LogP contribution < -0.4 is 10.2 Å². The predicted molar refractivity (Wildman–Crippen MR) is 85.5 cm³/mol. The molecule has 3 heterocycles. The molecule has 1 aliphatic heterocycles. The molecule has 3 rings (SSSR count). The minimum absolute atomic E-state index is 0.562. The maximum atomic E-state index is 4.55. The number of hydrogen-bond donors (Lipinski definition) is 1. The van der Waals surface area contributed by atoms with Crippen molar-refractivity contribution < 1.29 is 0 Å². The molecule has 1 fully saturated rings. The third-order valence-corrected chi connectivity index (χ3v) is 4.64. The van der Waals surface area contributed by atoms with E-state index in [4.69, 9.17) is 0 Å². The van der Waals surface area contributed by atoms with E-state index in [1.807, 2.05) is 0 Å². The molecule has 2 aromatic heterocycles. The Hall–Kier alpha value is -1.20. The van der Waals surface area contributed by atoms with Crippen LogP contribution in [0.4, 0.5) is 5.82 Å². The van der Waals surface area contributed by atoms with Gasteiger partial charge in [0.05, 0.1) is 5.39 Å². The molecule has 1 N–H and O–H groups in total. The average Bonchev–Trinajstić information content (AvgIpc) is 3.05. The van der Waals surface area contributed by atoms with Crippen molar-refractivity contribution in [3.8, 4) is 0 Å². The third kappa shape index (κ3) is 2.79. The van der Waals surface area contributed by atoms with E-state index in [0.717, 1.165) is 30.3 Å². The van der Waals surface area contributed by atoms with E-state index in [1.165, 1.54) is 18.2 Å². The summed E-state index contributed by atoms with van der Waals surface area (Å²) >= 11 is 1.69. The van der Waals surface area contributed by atoms with Gasteiger partial charge in [0, 0.05) is 19.1 Å². The standard InChI is InChI=1S/C15H22N4S/c1-11(2)8-16-9-12-4-3-6-19(12)14-13-5-7-20-15(13)18-10-17-14/h5,7,10-12,16H,3-4,6,8-9H2,1-2H3. The zero-order valence-corrected chi connectivity index (χ0v) is 13.0. The summed E-state index contributed by atoms with van der Waals surface area (Å²) < 4.78 is 0. The van der Waals surface area contributed by atoms with Crippen LogP contribution in [0.25, 0.3) is 10.2 Å². The van der Waals surface area contributed by atoms with Crippen molar-refractivity contribution in [1.29, 1.82) is 0 Å². The number of nitrogens with zero attached hydrogens (tertiary/aromatic N) is 3. The first-order chi connectivity index (χ1) is 9.75. The average molecular weight is 290 g/mol. The molecule has 1 saturated heterocycles. The minimum atomic E-state index is 0.562. The topological polar surface area (TPSA) is 41.0 Å². The highest BCUT2D eigenvalue weighted by molar-refractivity contribution is 7.16. The van der Waals surface area contributed by atoms with Gasteiger partial charge in [-0.15, -0.1) is 11.3 Å². The number of fused-ring (bicyclic) bond motifs is 1. The molecule has 20 heavy (non-hydrogen) atoms. The number of rotatable bonds is 5. The minimum Gasteiger partial charge on any atom is -0.352 e. The normalized spacial score (nSPS) is 19.4. The van der Waals surface area contributed by atoms with E-state index in [1.54, 1.807) is 17.7 Å². The Morgan fingerprint density at radius 1 is 1.45 bits per heavy atom. The maximum absolute atomic E-state index is 4.55. The van der Waals surface area contributed by atoms with Gasteiger partial charge in [-0.3, -0.25) is 0 Å². The summed E-state index contributed by atoms with van der Waals surface area (Å²) in [5.41, 5.74) is 0. The third-order valence-electron chi connectivity index (χ3n) is 3.82. The van der Waals surface area contributed by atoms with Crippen LogP contribution in [0.5, 0.6) is 0 Å². The molecule has 1 atom stereocenters. The fraction of sp³-hybridized carbons (Fsp3) is 0.600. The Morgan fingerprint density at radius 2 is 2.35 bits per heavy atom. The van der Waals surface area contributed by atoms with Crippen LogP contribution in [0.3, 0.4) is 0 Å². The summed E-state index contributed by atoms with van der Waals surface area (Å²) in [6.07, 6.45) is 4.20. The molecule has 0 bridgehead atoms. The number of nitrogens with one attached hydrogen (secondary N) is 1. The van der Waals surface area contributed by atoms with Crippen molar-refractivity contribution in [3.05, 3.63) is 17.8 Å². The van der Waals surface area contributed by atoms with E-state index in [9.17, 15) is 0 Å². The van der Waals surface area contributed by atoms with Crippen molar-refractivity contribution in [3.63, 3.8) is 0 Å². The Balaban J connectivity index is 1.76. The molecule has 0 spiro atoms. The molecule has 2 aromatic rings. The Morgan fingerprint density at radius 3 is 3.20 bits per heavy atom. The monoisotopic (exact) mass is 290 g/mol. The summed E-state index contributed by atoms with van der Waals surface area (Å²) in [6.45, 7) is 7.74. The quantitative estimate of drug-likeness (QED) is 0.919. The van der Waals surface area contributed by atoms with Gasteiger partial charge in [0.2, 0.25) is 0 Å². The number of hydrogen-bond acceptors (Lipinski definition) is 5. The molecule has 108 valence electrons. The summed E-state index contributed by atoms with van der Waals surface area (Å²) in [4.78, 5) is 12.5. The van der Waals surface area contributed by atoms with Gasteiger partial charge in [-0.05, 0) is 36.8 Å². The van der Waals surface area contributed by atoms with Gasteiger partial charge in [-0.1, -0.05) is 13.8 Å². The zero-order valence-electron chi connectivity index (χ0n) is 12.2. The second-order valence-electron chi connectivity index (χ2n) is 5.88. The molecule has 0 amide bonds. The van der Waals surface area contributed by atoms with Gasteiger partial charge in [-0.2, -0.15) is 0 Å². The molecule has 0 saturated carbocycles. The number of thiophene rings is 1. The number of aromatic nitrogens is 2. The van der Waals surface area contributed by atoms with Crippen LogP contribution in [-0.2, 0) is 0 Å². The van der Waals surface area contributed by atoms with E-state index < -0.39 is 0 Å². The Labute approximate surface area is 124 Å². The van der Waals surface area contributed by atoms with Crippen molar-refractivity contribution >= 4 is 27.4 Å². The van der Waals surface area contributed by atoms with Gasteiger partial charge in [-0.25, -0.2) is 9.97 Å². The molecule has 1 unspecified atom stereocenters. The predicted octanol–water partition coefficient (Wildman–Crippen LogP) is 2.91. The fourth-order valence-corrected chi connectivity index (χ4v) is 3.60. The van der Waals surface area contributed by atoms with Crippen LogP contribution in [-0.4, -0.2) is 35.6 Å². The van der Waals surface area contributed by atoms with Crippen LogP contribution in [0.2, 0.25) is 0 Å². The first kappa shape index (κ1) is 13.8. The smallest absolute Gasteiger partial charge is 0.141 e. The lowest BCUT2D eigenvalue weighted by molar-refractivity contribution is 0.511. The van der Waals surface area contributed by atoms with E-state index >= 15 is 0 Å². The number of anilines is 1. The van der Waals surface area contributed by atoms with Crippen molar-refractivity contribution in [2.24, 2.45) is 5.92 Å². The second-order valence-corrected chi connectivity index (χ2v) is 6.77. The SMILES string of the molecule is CC(C)CNCC1CCCN1c1ncnc2sccc12. The molecular formula is C15H22N4S. The molecule has 4 nitrogen and oxygen atoms in total. The first-order valence-corrected chi connectivity index (χ1v) is 8.29. The first-order valence-electron chi connectivity index (χ1n) is 7.41. The highest BCUT2D eigenvalue weighted by Crippen LogP contribution is 2.31. The molecule has 5 heteroatoms. The largest absolute Gasteiger partial charge is 0.352 e. The highest BCUT2D eigenvalue weighted by Gasteiger charge is 2.26. The van der Waals surface area contributed by atoms with Crippen molar-refractivity contribution in [2.45, 2.75) is 32.7 Å². The Kier molecular flexibility index (Phi) is 4.17. The summed E-state index contributed by atoms with van der Waals surface area (Å²) in [5, 5.41) is 6.89. The lowest BCUT2D eigenvalue weighted by atomic mass is 10.2. The van der Waals surface area contributed by atoms with Gasteiger partial charge >= 0.3 is 0 Å². The highest BCUT2D eigenvalue weighted by atomic mass is 32.1. The van der Waals surface area contributed by atoms with E-state index in [0.29, 0.717) is 12.0 Å². The molecule has 0 aliphatic carbocycles. The van der Waals surface area contributed by atoms with Crippen LogP contribution in [0, 0.1) is 5.92 Å². The van der Waals surface area contributed by atoms with Crippen molar-refractivity contribution in [1.82, 2.24) is 15.3 Å². The van der Waals surface area contributed by atoms with Gasteiger partial charge in [0.25, 0.3) is 0 Å². The molecule has 0 aromatic carbocycles. The van der Waals surface area contributed by atoms with E-state index in [-0.39, 0.29) is 0 Å². The van der Waals surface area contributed by atoms with Gasteiger partial charge in [0.1, 0.15) is 17.0 Å². The molecule has 1 aliphatic rings. The van der Waals surface area contributed by atoms with Crippen LogP contribution in [0.1, 0.15) is 26.7 Å². The lowest BCUT2D eigenvalue weighted by Crippen LogP contribution is -2.39. The van der Waals surface area contributed by atoms with Crippen LogP contribution >= 0.6 is 11.3 Å². The molecular weight excluding hydrogens is 268 g/mol. The molecule has 0 radical (unpaired) electrons. The fourth-order valence-electron chi connectivity index (χ4n) is 2.87. The van der Waals surface area contributed by atoms with Gasteiger partial charge < -0.3 is 10.2 Å². The van der Waals surface area contributed by atoms with Crippen molar-refractivity contribution in [2.75, 3.05) is 24.5 Å². The lowest BCUT2D eigenvalue weighted by Gasteiger charge is -2.26.